The third kappa shape index (κ3) is 7.25. The molecule has 3 atom stereocenters. The highest BCUT2D eigenvalue weighted by atomic mass is 16.3. The van der Waals surface area contributed by atoms with Crippen molar-refractivity contribution in [2.45, 2.75) is 96.1 Å². The molecule has 0 spiro atoms. The molecule has 9 rings (SSSR count). The quantitative estimate of drug-likeness (QED) is 0.258. The van der Waals surface area contributed by atoms with Gasteiger partial charge in [0.25, 0.3) is 5.91 Å². The van der Waals surface area contributed by atoms with Gasteiger partial charge in [-0.3, -0.25) is 24.6 Å². The molecule has 9 heteroatoms. The number of imide groups is 1. The molecule has 3 saturated heterocycles. The number of nitrogens with zero attached hydrogens (tertiary/aromatic N) is 4. The second-order valence-electron chi connectivity index (χ2n) is 17.5. The Kier molecular flexibility index (Phi) is 10.1. The van der Waals surface area contributed by atoms with Crippen LogP contribution in [0.25, 0.3) is 0 Å². The average Bonchev–Trinajstić information content (AvgIpc) is 3.53. The molecule has 290 valence electrons. The minimum atomic E-state index is -0.581. The number of benzene rings is 3. The first kappa shape index (κ1) is 36.3. The van der Waals surface area contributed by atoms with Crippen LogP contribution in [-0.4, -0.2) is 84.5 Å². The number of aryl methyl sites for hydroxylation is 2. The number of amides is 3. The van der Waals surface area contributed by atoms with E-state index in [0.29, 0.717) is 42.0 Å². The van der Waals surface area contributed by atoms with Gasteiger partial charge in [-0.2, -0.15) is 0 Å². The number of carbonyl (C=O) groups is 3. The van der Waals surface area contributed by atoms with Crippen molar-refractivity contribution in [3.63, 3.8) is 0 Å². The van der Waals surface area contributed by atoms with E-state index < -0.39 is 6.04 Å². The Bertz CT molecular complexity index is 1940. The SMILES string of the molecule is Cc1cc(N2CCC(CN3CCN(c4ccc5c(c4)CN([C@H]4CCC(=O)NC4=O)C5=O)CC3)CC2)ccc1[C@H]1c2ccc(O)cc2CC[C@H]1C1CCCCC1. The Balaban J connectivity index is 0.787. The third-order valence-corrected chi connectivity index (χ3v) is 14.2. The zero-order valence-corrected chi connectivity index (χ0v) is 32.5. The molecule has 55 heavy (non-hydrogen) atoms. The normalized spacial score (nSPS) is 25.6. The number of phenols is 1. The molecule has 4 fully saturated rings. The molecule has 9 nitrogen and oxygen atoms in total. The monoisotopic (exact) mass is 743 g/mol. The van der Waals surface area contributed by atoms with Crippen LogP contribution in [0.4, 0.5) is 11.4 Å². The second kappa shape index (κ2) is 15.3. The van der Waals surface area contributed by atoms with Crippen LogP contribution in [0.3, 0.4) is 0 Å². The largest absolute Gasteiger partial charge is 0.508 e. The van der Waals surface area contributed by atoms with E-state index in [1.807, 2.05) is 18.2 Å². The van der Waals surface area contributed by atoms with Gasteiger partial charge in [0.1, 0.15) is 11.8 Å². The maximum absolute atomic E-state index is 13.2. The summed E-state index contributed by atoms with van der Waals surface area (Å²) < 4.78 is 0. The van der Waals surface area contributed by atoms with Crippen LogP contribution < -0.4 is 15.1 Å². The van der Waals surface area contributed by atoms with Crippen molar-refractivity contribution in [2.24, 2.45) is 17.8 Å². The zero-order valence-electron chi connectivity index (χ0n) is 32.5. The van der Waals surface area contributed by atoms with Crippen molar-refractivity contribution in [1.29, 1.82) is 0 Å². The lowest BCUT2D eigenvalue weighted by Crippen LogP contribution is -2.52. The fourth-order valence-corrected chi connectivity index (χ4v) is 11.2. The summed E-state index contributed by atoms with van der Waals surface area (Å²) in [5, 5.41) is 12.7. The molecule has 6 aliphatic rings. The summed E-state index contributed by atoms with van der Waals surface area (Å²) >= 11 is 0. The first-order chi connectivity index (χ1) is 26.8. The number of hydrogen-bond acceptors (Lipinski definition) is 7. The highest BCUT2D eigenvalue weighted by Gasteiger charge is 2.40. The molecule has 3 aromatic carbocycles. The molecule has 2 N–H and O–H groups in total. The smallest absolute Gasteiger partial charge is 0.255 e. The minimum absolute atomic E-state index is 0.116. The molecule has 0 unspecified atom stereocenters. The van der Waals surface area contributed by atoms with E-state index in [4.69, 9.17) is 0 Å². The highest BCUT2D eigenvalue weighted by Crippen LogP contribution is 2.49. The maximum Gasteiger partial charge on any atom is 0.255 e. The predicted octanol–water partition coefficient (Wildman–Crippen LogP) is 6.77. The van der Waals surface area contributed by atoms with Gasteiger partial charge in [0.2, 0.25) is 11.8 Å². The number of nitrogens with one attached hydrogen (secondary N) is 1. The molecule has 0 bridgehead atoms. The molecule has 1 saturated carbocycles. The van der Waals surface area contributed by atoms with E-state index in [1.54, 1.807) is 4.90 Å². The van der Waals surface area contributed by atoms with Gasteiger partial charge in [-0.15, -0.1) is 0 Å². The number of anilines is 2. The number of aromatic hydroxyl groups is 1. The minimum Gasteiger partial charge on any atom is -0.508 e. The van der Waals surface area contributed by atoms with E-state index >= 15 is 0 Å². The summed E-state index contributed by atoms with van der Waals surface area (Å²) in [5.41, 5.74) is 9.82. The lowest BCUT2D eigenvalue weighted by molar-refractivity contribution is -0.136. The lowest BCUT2D eigenvalue weighted by atomic mass is 9.63. The van der Waals surface area contributed by atoms with Gasteiger partial charge in [-0.05, 0) is 127 Å². The molecular weight excluding hydrogens is 687 g/mol. The fraction of sp³-hybridized carbons (Fsp3) is 0.543. The number of hydrogen-bond donors (Lipinski definition) is 2. The summed E-state index contributed by atoms with van der Waals surface area (Å²) in [6, 6.07) is 19.0. The van der Waals surface area contributed by atoms with E-state index in [-0.39, 0.29) is 24.1 Å². The Hall–Kier alpha value is -4.37. The number of carbonyl (C=O) groups excluding carboxylic acids is 3. The third-order valence-electron chi connectivity index (χ3n) is 14.2. The van der Waals surface area contributed by atoms with Crippen LogP contribution in [0.5, 0.6) is 5.75 Å². The number of piperazine rings is 1. The van der Waals surface area contributed by atoms with Crippen LogP contribution in [0.1, 0.15) is 108 Å². The Morgan fingerprint density at radius 1 is 0.709 bits per heavy atom. The number of phenolic OH excluding ortho intramolecular Hbond substituents is 1. The van der Waals surface area contributed by atoms with E-state index in [2.05, 4.69) is 63.3 Å². The first-order valence-corrected chi connectivity index (χ1v) is 21.2. The fourth-order valence-electron chi connectivity index (χ4n) is 11.2. The first-order valence-electron chi connectivity index (χ1n) is 21.2. The molecule has 0 radical (unpaired) electrons. The van der Waals surface area contributed by atoms with Crippen molar-refractivity contribution < 1.29 is 19.5 Å². The number of rotatable bonds is 7. The molecule has 4 aliphatic heterocycles. The van der Waals surface area contributed by atoms with E-state index in [1.165, 1.54) is 79.3 Å². The number of fused-ring (bicyclic) bond motifs is 2. The predicted molar refractivity (Wildman–Crippen MR) is 216 cm³/mol. The maximum atomic E-state index is 13.2. The summed E-state index contributed by atoms with van der Waals surface area (Å²) in [7, 11) is 0. The van der Waals surface area contributed by atoms with E-state index in [9.17, 15) is 19.5 Å². The van der Waals surface area contributed by atoms with Crippen molar-refractivity contribution in [2.75, 3.05) is 55.6 Å². The Morgan fingerprint density at radius 3 is 2.20 bits per heavy atom. The molecule has 2 aliphatic carbocycles. The molecule has 0 aromatic heterocycles. The van der Waals surface area contributed by atoms with Crippen LogP contribution in [0.2, 0.25) is 0 Å². The Morgan fingerprint density at radius 2 is 1.44 bits per heavy atom. The lowest BCUT2D eigenvalue weighted by Gasteiger charge is -2.41. The van der Waals surface area contributed by atoms with Crippen LogP contribution >= 0.6 is 0 Å². The van der Waals surface area contributed by atoms with Crippen molar-refractivity contribution in [3.05, 3.63) is 88.0 Å². The Labute approximate surface area is 326 Å². The van der Waals surface area contributed by atoms with Gasteiger partial charge in [-0.1, -0.05) is 44.2 Å². The molecular formula is C46H57N5O4. The van der Waals surface area contributed by atoms with Crippen molar-refractivity contribution in [1.82, 2.24) is 15.1 Å². The van der Waals surface area contributed by atoms with Gasteiger partial charge in [-0.25, -0.2) is 0 Å². The summed E-state index contributed by atoms with van der Waals surface area (Å²) in [6.07, 6.45) is 12.2. The van der Waals surface area contributed by atoms with Crippen LogP contribution in [-0.2, 0) is 22.6 Å². The average molecular weight is 744 g/mol. The van der Waals surface area contributed by atoms with Gasteiger partial charge >= 0.3 is 0 Å². The van der Waals surface area contributed by atoms with Gasteiger partial charge in [0, 0.05) is 81.6 Å². The molecule has 3 aromatic rings. The second-order valence-corrected chi connectivity index (χ2v) is 17.5. The van der Waals surface area contributed by atoms with Crippen LogP contribution in [0, 0.1) is 24.7 Å². The number of piperidine rings is 2. The van der Waals surface area contributed by atoms with Crippen molar-refractivity contribution >= 4 is 29.1 Å². The summed E-state index contributed by atoms with van der Waals surface area (Å²) in [6.45, 7) is 10.1. The standard InChI is InChI=1S/C46H57N5O4/c1-30-25-35(8-12-38(30)44-39(32-5-3-2-4-6-32)11-7-33-27-37(52)10-14-40(33)44)49-19-17-31(18-20-49)28-48-21-23-50(24-22-48)36-9-13-41-34(26-36)29-51(46(41)55)42-15-16-43(53)47-45(42)54/h8-10,12-14,25-27,31-32,39,42,44,52H,2-7,11,15-24,28-29H2,1H3,(H,47,53,54)/t39-,42-,44+/m0/s1. The van der Waals surface area contributed by atoms with E-state index in [0.717, 1.165) is 69.4 Å². The summed E-state index contributed by atoms with van der Waals surface area (Å²) in [5.74, 6) is 2.24. The summed E-state index contributed by atoms with van der Waals surface area (Å²) in [4.78, 5) is 46.6. The van der Waals surface area contributed by atoms with Crippen LogP contribution in [0.15, 0.2) is 54.6 Å². The topological polar surface area (TPSA) is 96.4 Å². The highest BCUT2D eigenvalue weighted by molar-refractivity contribution is 6.05. The zero-order chi connectivity index (χ0) is 37.6. The van der Waals surface area contributed by atoms with Gasteiger partial charge in [0.05, 0.1) is 0 Å². The van der Waals surface area contributed by atoms with Crippen molar-refractivity contribution in [3.8, 4) is 5.75 Å². The van der Waals surface area contributed by atoms with Gasteiger partial charge < -0.3 is 19.8 Å². The molecule has 3 amide bonds. The molecule has 4 heterocycles. The van der Waals surface area contributed by atoms with Gasteiger partial charge in [0.15, 0.2) is 0 Å².